The number of carboxylic acid groups (broad SMARTS) is 1. The Hall–Kier alpha value is -2.94. The van der Waals surface area contributed by atoms with Gasteiger partial charge in [-0.25, -0.2) is 0 Å². The molecule has 0 saturated heterocycles. The second kappa shape index (κ2) is 12.0. The Morgan fingerprint density at radius 3 is 2.13 bits per heavy atom. The van der Waals surface area contributed by atoms with Crippen LogP contribution >= 0.6 is 0 Å². The second-order valence-corrected chi connectivity index (χ2v) is 7.66. The maximum atomic E-state index is 12.0. The summed E-state index contributed by atoms with van der Waals surface area (Å²) in [7, 11) is 0. The van der Waals surface area contributed by atoms with Crippen molar-refractivity contribution in [2.75, 3.05) is 6.61 Å². The molecule has 0 saturated carbocycles. The largest absolute Gasteiger partial charge is 0.480 e. The first-order valence-corrected chi connectivity index (χ1v) is 10.1. The highest BCUT2D eigenvalue weighted by Gasteiger charge is 2.32. The Morgan fingerprint density at radius 1 is 1.03 bits per heavy atom. The highest BCUT2D eigenvalue weighted by Crippen LogP contribution is 2.35. The molecular formula is C22H31NO8. The van der Waals surface area contributed by atoms with Crippen molar-refractivity contribution in [2.45, 2.75) is 59.4 Å². The van der Waals surface area contributed by atoms with Gasteiger partial charge in [0.2, 0.25) is 0 Å². The normalized spacial score (nSPS) is 14.6. The van der Waals surface area contributed by atoms with E-state index in [2.05, 4.69) is 0 Å². The van der Waals surface area contributed by atoms with Crippen LogP contribution in [-0.2, 0) is 23.9 Å². The number of rotatable bonds is 11. The van der Waals surface area contributed by atoms with Crippen molar-refractivity contribution in [2.24, 2.45) is 17.6 Å². The molecular weight excluding hydrogens is 406 g/mol. The molecule has 1 aromatic rings. The van der Waals surface area contributed by atoms with Crippen LogP contribution in [0.5, 0.6) is 11.5 Å². The van der Waals surface area contributed by atoms with Crippen molar-refractivity contribution in [3.05, 3.63) is 23.8 Å². The van der Waals surface area contributed by atoms with E-state index in [0.717, 1.165) is 6.42 Å². The summed E-state index contributed by atoms with van der Waals surface area (Å²) in [6.45, 7) is 7.98. The van der Waals surface area contributed by atoms with Gasteiger partial charge in [0.25, 0.3) is 0 Å². The molecule has 0 aliphatic heterocycles. The number of carboxylic acids is 1. The topological polar surface area (TPSA) is 142 Å². The van der Waals surface area contributed by atoms with Crippen LogP contribution in [-0.4, -0.2) is 41.6 Å². The zero-order valence-corrected chi connectivity index (χ0v) is 18.5. The molecule has 0 fully saturated rings. The van der Waals surface area contributed by atoms with Gasteiger partial charge in [-0.15, -0.1) is 0 Å². The summed E-state index contributed by atoms with van der Waals surface area (Å²) in [5.74, 6) is -3.93. The van der Waals surface area contributed by atoms with Crippen LogP contribution in [0.1, 0.15) is 58.9 Å². The number of ether oxygens (including phenoxy) is 3. The molecule has 0 radical (unpaired) electrons. The van der Waals surface area contributed by atoms with Gasteiger partial charge in [-0.3, -0.25) is 19.2 Å². The van der Waals surface area contributed by atoms with Gasteiger partial charge in [0.15, 0.2) is 11.5 Å². The van der Waals surface area contributed by atoms with Crippen LogP contribution in [0.25, 0.3) is 0 Å². The predicted molar refractivity (Wildman–Crippen MR) is 112 cm³/mol. The molecule has 0 aromatic heterocycles. The van der Waals surface area contributed by atoms with Crippen molar-refractivity contribution in [1.82, 2.24) is 0 Å². The second-order valence-electron chi connectivity index (χ2n) is 7.66. The van der Waals surface area contributed by atoms with E-state index in [4.69, 9.17) is 19.9 Å². The number of esters is 3. The van der Waals surface area contributed by atoms with Crippen molar-refractivity contribution in [3.8, 4) is 11.5 Å². The maximum absolute atomic E-state index is 12.0. The minimum absolute atomic E-state index is 0.0155. The van der Waals surface area contributed by atoms with Gasteiger partial charge in [-0.1, -0.05) is 33.3 Å². The van der Waals surface area contributed by atoms with Gasteiger partial charge in [0.1, 0.15) is 6.04 Å². The molecule has 3 unspecified atom stereocenters. The van der Waals surface area contributed by atoms with Crippen LogP contribution < -0.4 is 15.2 Å². The monoisotopic (exact) mass is 437 g/mol. The Bertz CT molecular complexity index is 807. The van der Waals surface area contributed by atoms with E-state index < -0.39 is 35.8 Å². The zero-order chi connectivity index (χ0) is 23.7. The number of hydrogen-bond acceptors (Lipinski definition) is 8. The number of carbonyl (C=O) groups is 4. The Morgan fingerprint density at radius 2 is 1.61 bits per heavy atom. The predicted octanol–water partition coefficient (Wildman–Crippen LogP) is 2.65. The lowest BCUT2D eigenvalue weighted by molar-refractivity contribution is -0.146. The third kappa shape index (κ3) is 8.37. The maximum Gasteiger partial charge on any atom is 0.321 e. The van der Waals surface area contributed by atoms with Gasteiger partial charge in [-0.05, 0) is 29.5 Å². The lowest BCUT2D eigenvalue weighted by atomic mass is 9.82. The first kappa shape index (κ1) is 26.1. The van der Waals surface area contributed by atoms with E-state index in [1.807, 2.05) is 13.8 Å². The fourth-order valence-electron chi connectivity index (χ4n) is 3.07. The molecule has 0 heterocycles. The van der Waals surface area contributed by atoms with E-state index in [1.54, 1.807) is 6.92 Å². The van der Waals surface area contributed by atoms with Crippen molar-refractivity contribution >= 4 is 23.9 Å². The highest BCUT2D eigenvalue weighted by molar-refractivity contribution is 5.76. The molecule has 0 amide bonds. The van der Waals surface area contributed by atoms with Gasteiger partial charge in [0, 0.05) is 26.2 Å². The third-order valence-corrected chi connectivity index (χ3v) is 4.86. The van der Waals surface area contributed by atoms with Crippen LogP contribution in [0.2, 0.25) is 0 Å². The average Bonchev–Trinajstić information content (AvgIpc) is 2.67. The number of aliphatic carboxylic acids is 1. The summed E-state index contributed by atoms with van der Waals surface area (Å²) >= 11 is 0. The van der Waals surface area contributed by atoms with Crippen LogP contribution in [0, 0.1) is 11.8 Å². The zero-order valence-electron chi connectivity index (χ0n) is 18.5. The molecule has 4 atom stereocenters. The average molecular weight is 437 g/mol. The standard InChI is InChI=1S/C22H31NO8/c1-6-12(2)9-19(26)29-11-13(3)20(21(23)22(27)28)16-7-8-17(30-14(4)24)18(10-16)31-15(5)25/h7-8,10,12-13,20-21H,6,9,11,23H2,1-5H3,(H,27,28)/t12?,13?,20?,21-/m0/s1. The third-order valence-electron chi connectivity index (χ3n) is 4.86. The number of carbonyl (C=O) groups excluding carboxylic acids is 3. The SMILES string of the molecule is CCC(C)CC(=O)OCC(C)C(c1ccc(OC(C)=O)c(OC(C)=O)c1)[C@H](N)C(=O)O. The van der Waals surface area contributed by atoms with E-state index in [-0.39, 0.29) is 36.4 Å². The Kier molecular flexibility index (Phi) is 10.1. The first-order chi connectivity index (χ1) is 14.5. The van der Waals surface area contributed by atoms with Crippen molar-refractivity contribution < 1.29 is 38.5 Å². The Balaban J connectivity index is 3.19. The minimum Gasteiger partial charge on any atom is -0.480 e. The summed E-state index contributed by atoms with van der Waals surface area (Å²) in [5.41, 5.74) is 6.38. The molecule has 172 valence electrons. The molecule has 0 bridgehead atoms. The Labute approximate surface area is 181 Å². The molecule has 1 aromatic carbocycles. The number of nitrogens with two attached hydrogens (primary N) is 1. The van der Waals surface area contributed by atoms with Crippen LogP contribution in [0.15, 0.2) is 18.2 Å². The minimum atomic E-state index is -1.31. The summed E-state index contributed by atoms with van der Waals surface area (Å²) in [4.78, 5) is 46.4. The molecule has 0 aliphatic rings. The summed E-state index contributed by atoms with van der Waals surface area (Å²) in [5, 5.41) is 9.49. The molecule has 1 rings (SSSR count). The summed E-state index contributed by atoms with van der Waals surface area (Å²) in [6, 6.07) is 3.03. The van der Waals surface area contributed by atoms with Crippen molar-refractivity contribution in [1.29, 1.82) is 0 Å². The first-order valence-electron chi connectivity index (χ1n) is 10.1. The summed E-state index contributed by atoms with van der Waals surface area (Å²) in [6.07, 6.45) is 1.11. The van der Waals surface area contributed by atoms with E-state index in [0.29, 0.717) is 5.56 Å². The molecule has 9 nitrogen and oxygen atoms in total. The molecule has 3 N–H and O–H groups in total. The fraction of sp³-hybridized carbons (Fsp3) is 0.545. The highest BCUT2D eigenvalue weighted by atomic mass is 16.6. The molecule has 0 spiro atoms. The number of benzene rings is 1. The quantitative estimate of drug-likeness (QED) is 0.394. The van der Waals surface area contributed by atoms with E-state index in [1.165, 1.54) is 32.0 Å². The van der Waals surface area contributed by atoms with E-state index >= 15 is 0 Å². The van der Waals surface area contributed by atoms with Gasteiger partial charge >= 0.3 is 23.9 Å². The molecule has 9 heteroatoms. The van der Waals surface area contributed by atoms with Gasteiger partial charge < -0.3 is 25.1 Å². The lowest BCUT2D eigenvalue weighted by Crippen LogP contribution is -2.40. The van der Waals surface area contributed by atoms with Gasteiger partial charge in [0.05, 0.1) is 6.61 Å². The van der Waals surface area contributed by atoms with Gasteiger partial charge in [-0.2, -0.15) is 0 Å². The molecule has 31 heavy (non-hydrogen) atoms. The van der Waals surface area contributed by atoms with E-state index in [9.17, 15) is 24.3 Å². The van der Waals surface area contributed by atoms with Crippen LogP contribution in [0.4, 0.5) is 0 Å². The number of hydrogen-bond donors (Lipinski definition) is 2. The molecule has 0 aliphatic carbocycles. The van der Waals surface area contributed by atoms with Crippen molar-refractivity contribution in [3.63, 3.8) is 0 Å². The lowest BCUT2D eigenvalue weighted by Gasteiger charge is -2.28. The summed E-state index contributed by atoms with van der Waals surface area (Å²) < 4.78 is 15.5. The fourth-order valence-corrected chi connectivity index (χ4v) is 3.07. The smallest absolute Gasteiger partial charge is 0.321 e. The van der Waals surface area contributed by atoms with Crippen LogP contribution in [0.3, 0.4) is 0 Å².